The van der Waals surface area contributed by atoms with Crippen LogP contribution in [0.25, 0.3) is 0 Å². The largest absolute Gasteiger partial charge is 0.356 e. The van der Waals surface area contributed by atoms with E-state index in [1.165, 1.54) is 50.1 Å². The Hall–Kier alpha value is -1.55. The number of anilines is 1. The molecule has 0 aromatic heterocycles. The molecule has 114 valence electrons. The number of hydrogen-bond donors (Lipinski definition) is 1. The van der Waals surface area contributed by atoms with Crippen molar-refractivity contribution in [2.75, 3.05) is 44.7 Å². The molecule has 0 radical (unpaired) electrons. The molecule has 3 rings (SSSR count). The van der Waals surface area contributed by atoms with Gasteiger partial charge in [-0.25, -0.2) is 0 Å². The van der Waals surface area contributed by atoms with Gasteiger partial charge in [-0.15, -0.1) is 0 Å². The minimum Gasteiger partial charge on any atom is -0.356 e. The van der Waals surface area contributed by atoms with Gasteiger partial charge in [-0.3, -0.25) is 4.99 Å². The van der Waals surface area contributed by atoms with Crippen LogP contribution in [0.1, 0.15) is 24.8 Å². The van der Waals surface area contributed by atoms with Gasteiger partial charge in [0.2, 0.25) is 0 Å². The molecule has 1 saturated heterocycles. The molecule has 2 aliphatic rings. The highest BCUT2D eigenvalue weighted by Gasteiger charge is 2.22. The average molecular weight is 286 g/mol. The molecular formula is C17H26N4. The lowest BCUT2D eigenvalue weighted by atomic mass is 10.2. The predicted molar refractivity (Wildman–Crippen MR) is 89.1 cm³/mol. The Kier molecular flexibility index (Phi) is 4.76. The molecular weight excluding hydrogens is 260 g/mol. The molecule has 0 saturated carbocycles. The Labute approximate surface area is 127 Å². The topological polar surface area (TPSA) is 30.9 Å². The van der Waals surface area contributed by atoms with Crippen LogP contribution in [0.15, 0.2) is 29.3 Å². The van der Waals surface area contributed by atoms with Crippen molar-refractivity contribution in [1.82, 2.24) is 10.2 Å². The van der Waals surface area contributed by atoms with Gasteiger partial charge in [0.15, 0.2) is 5.96 Å². The minimum atomic E-state index is 1.00. The summed E-state index contributed by atoms with van der Waals surface area (Å²) >= 11 is 0. The minimum absolute atomic E-state index is 1.00. The molecule has 1 N–H and O–H groups in total. The van der Waals surface area contributed by atoms with Crippen molar-refractivity contribution in [3.63, 3.8) is 0 Å². The van der Waals surface area contributed by atoms with Crippen molar-refractivity contribution in [3.05, 3.63) is 29.8 Å². The first kappa shape index (κ1) is 14.4. The summed E-state index contributed by atoms with van der Waals surface area (Å²) in [6.07, 6.45) is 5.05. The van der Waals surface area contributed by atoms with E-state index in [2.05, 4.69) is 44.4 Å². The number of nitrogens with zero attached hydrogens (tertiary/aromatic N) is 3. The Bertz CT molecular complexity index is 491. The van der Waals surface area contributed by atoms with E-state index >= 15 is 0 Å². The first-order valence-electron chi connectivity index (χ1n) is 8.17. The number of hydrogen-bond acceptors (Lipinski definition) is 2. The van der Waals surface area contributed by atoms with Crippen LogP contribution in [-0.2, 0) is 6.42 Å². The van der Waals surface area contributed by atoms with E-state index in [0.29, 0.717) is 0 Å². The fraction of sp³-hybridized carbons (Fsp3) is 0.588. The number of likely N-dealkylation sites (tertiary alicyclic amines) is 1. The molecule has 2 heterocycles. The second-order valence-electron chi connectivity index (χ2n) is 5.91. The van der Waals surface area contributed by atoms with Gasteiger partial charge in [0.25, 0.3) is 0 Å². The molecule has 4 nitrogen and oxygen atoms in total. The monoisotopic (exact) mass is 286 g/mol. The van der Waals surface area contributed by atoms with Crippen molar-refractivity contribution in [1.29, 1.82) is 0 Å². The van der Waals surface area contributed by atoms with Gasteiger partial charge in [0.05, 0.1) is 0 Å². The smallest absolute Gasteiger partial charge is 0.198 e. The maximum Gasteiger partial charge on any atom is 0.198 e. The van der Waals surface area contributed by atoms with Crippen molar-refractivity contribution >= 4 is 11.6 Å². The summed E-state index contributed by atoms with van der Waals surface area (Å²) in [5, 5.41) is 3.53. The highest BCUT2D eigenvalue weighted by molar-refractivity contribution is 5.97. The molecule has 1 aromatic carbocycles. The van der Waals surface area contributed by atoms with Crippen molar-refractivity contribution in [2.45, 2.75) is 25.7 Å². The highest BCUT2D eigenvalue weighted by atomic mass is 15.3. The SMILES string of the molecule is CN=C(NCCCN1CCCC1)N1CCc2ccccc21. The van der Waals surface area contributed by atoms with E-state index in [1.807, 2.05) is 7.05 Å². The average Bonchev–Trinajstić information content (AvgIpc) is 3.17. The molecule has 1 aromatic rings. The van der Waals surface area contributed by atoms with Gasteiger partial charge in [-0.1, -0.05) is 18.2 Å². The Morgan fingerprint density at radius 3 is 2.81 bits per heavy atom. The molecule has 1 fully saturated rings. The zero-order chi connectivity index (χ0) is 14.5. The van der Waals surface area contributed by atoms with Crippen LogP contribution in [0.5, 0.6) is 0 Å². The van der Waals surface area contributed by atoms with E-state index < -0.39 is 0 Å². The molecule has 2 aliphatic heterocycles. The van der Waals surface area contributed by atoms with Gasteiger partial charge in [0.1, 0.15) is 0 Å². The van der Waals surface area contributed by atoms with Gasteiger partial charge in [-0.05, 0) is 56.9 Å². The maximum atomic E-state index is 4.46. The molecule has 0 atom stereocenters. The third-order valence-electron chi connectivity index (χ3n) is 4.49. The van der Waals surface area contributed by atoms with Gasteiger partial charge in [-0.2, -0.15) is 0 Å². The molecule has 4 heteroatoms. The fourth-order valence-corrected chi connectivity index (χ4v) is 3.36. The zero-order valence-electron chi connectivity index (χ0n) is 13.0. The van der Waals surface area contributed by atoms with E-state index in [1.54, 1.807) is 0 Å². The summed E-state index contributed by atoms with van der Waals surface area (Å²) < 4.78 is 0. The third kappa shape index (κ3) is 3.38. The predicted octanol–water partition coefficient (Wildman–Crippen LogP) is 2.11. The lowest BCUT2D eigenvalue weighted by Crippen LogP contribution is -2.41. The maximum absolute atomic E-state index is 4.46. The second-order valence-corrected chi connectivity index (χ2v) is 5.91. The molecule has 0 amide bonds. The molecule has 0 unspecified atom stereocenters. The number of para-hydroxylation sites is 1. The van der Waals surface area contributed by atoms with Crippen molar-refractivity contribution in [3.8, 4) is 0 Å². The van der Waals surface area contributed by atoms with E-state index in [9.17, 15) is 0 Å². The van der Waals surface area contributed by atoms with Crippen LogP contribution < -0.4 is 10.2 Å². The molecule has 0 spiro atoms. The van der Waals surface area contributed by atoms with Crippen molar-refractivity contribution < 1.29 is 0 Å². The highest BCUT2D eigenvalue weighted by Crippen LogP contribution is 2.27. The van der Waals surface area contributed by atoms with Crippen LogP contribution in [0, 0.1) is 0 Å². The van der Waals surface area contributed by atoms with Gasteiger partial charge >= 0.3 is 0 Å². The van der Waals surface area contributed by atoms with Crippen LogP contribution in [0.3, 0.4) is 0 Å². The summed E-state index contributed by atoms with van der Waals surface area (Å²) in [7, 11) is 1.88. The zero-order valence-corrected chi connectivity index (χ0v) is 13.0. The van der Waals surface area contributed by atoms with Crippen molar-refractivity contribution in [2.24, 2.45) is 4.99 Å². The van der Waals surface area contributed by atoms with Crippen LogP contribution in [0.2, 0.25) is 0 Å². The molecule has 0 bridgehead atoms. The number of aliphatic imine (C=N–C) groups is 1. The summed E-state index contributed by atoms with van der Waals surface area (Å²) in [5.74, 6) is 1.02. The van der Waals surface area contributed by atoms with E-state index in [4.69, 9.17) is 0 Å². The van der Waals surface area contributed by atoms with Crippen LogP contribution in [-0.4, -0.2) is 50.6 Å². The fourth-order valence-electron chi connectivity index (χ4n) is 3.36. The number of benzene rings is 1. The van der Waals surface area contributed by atoms with E-state index in [0.717, 1.165) is 25.5 Å². The Morgan fingerprint density at radius 1 is 1.19 bits per heavy atom. The Morgan fingerprint density at radius 2 is 2.00 bits per heavy atom. The second kappa shape index (κ2) is 6.94. The van der Waals surface area contributed by atoms with Gasteiger partial charge in [0, 0.05) is 25.8 Å². The first-order chi connectivity index (χ1) is 10.4. The lowest BCUT2D eigenvalue weighted by Gasteiger charge is -2.23. The molecule has 21 heavy (non-hydrogen) atoms. The number of rotatable bonds is 4. The normalized spacial score (nSPS) is 19.1. The quantitative estimate of drug-likeness (QED) is 0.522. The lowest BCUT2D eigenvalue weighted by molar-refractivity contribution is 0.334. The Balaban J connectivity index is 1.50. The first-order valence-corrected chi connectivity index (χ1v) is 8.17. The standard InChI is InChI=1S/C17H26N4/c1-18-17(19-10-6-13-20-11-4-5-12-20)21-14-9-15-7-2-3-8-16(15)21/h2-3,7-8H,4-6,9-14H2,1H3,(H,18,19). The number of fused-ring (bicyclic) bond motifs is 1. The van der Waals surface area contributed by atoms with Gasteiger partial charge < -0.3 is 15.1 Å². The van der Waals surface area contributed by atoms with Crippen LogP contribution >= 0.6 is 0 Å². The number of nitrogens with one attached hydrogen (secondary N) is 1. The number of guanidine groups is 1. The summed E-state index contributed by atoms with van der Waals surface area (Å²) in [4.78, 5) is 9.33. The third-order valence-corrected chi connectivity index (χ3v) is 4.49. The molecule has 0 aliphatic carbocycles. The van der Waals surface area contributed by atoms with Crippen LogP contribution in [0.4, 0.5) is 5.69 Å². The summed E-state index contributed by atoms with van der Waals surface area (Å²) in [6.45, 7) is 5.82. The summed E-state index contributed by atoms with van der Waals surface area (Å²) in [5.41, 5.74) is 2.74. The van der Waals surface area contributed by atoms with E-state index in [-0.39, 0.29) is 0 Å². The summed E-state index contributed by atoms with van der Waals surface area (Å²) in [6, 6.07) is 8.64.